The zero-order chi connectivity index (χ0) is 20.4. The highest BCUT2D eigenvalue weighted by Crippen LogP contribution is 2.43. The Bertz CT molecular complexity index is 902. The molecule has 1 amide bonds. The highest BCUT2D eigenvalue weighted by Gasteiger charge is 2.34. The number of carbonyl (C=O) groups is 1. The molecule has 2 aliphatic rings. The first-order chi connectivity index (χ1) is 14.0. The van der Waals surface area contributed by atoms with Crippen molar-refractivity contribution in [1.29, 1.82) is 0 Å². The van der Waals surface area contributed by atoms with Crippen LogP contribution in [0.25, 0.3) is 0 Å². The summed E-state index contributed by atoms with van der Waals surface area (Å²) in [5.74, 6) is 0.472. The van der Waals surface area contributed by atoms with Crippen LogP contribution in [0.15, 0.2) is 36.4 Å². The second kappa shape index (κ2) is 8.61. The molecule has 7 heteroatoms. The number of hydrogen-bond donors (Lipinski definition) is 0. The van der Waals surface area contributed by atoms with Gasteiger partial charge in [-0.05, 0) is 61.6 Å². The maximum atomic E-state index is 14.1. The van der Waals surface area contributed by atoms with Gasteiger partial charge in [0, 0.05) is 5.56 Å². The minimum absolute atomic E-state index is 0.0188. The Morgan fingerprint density at radius 3 is 2.66 bits per heavy atom. The van der Waals surface area contributed by atoms with E-state index in [0.717, 1.165) is 49.4 Å². The zero-order valence-electron chi connectivity index (χ0n) is 16.2. The fraction of sp³-hybridized carbons (Fsp3) is 0.409. The van der Waals surface area contributed by atoms with Crippen LogP contribution in [0.2, 0.25) is 0 Å². The van der Waals surface area contributed by atoms with Crippen molar-refractivity contribution in [1.82, 2.24) is 4.90 Å². The van der Waals surface area contributed by atoms with Gasteiger partial charge in [0.1, 0.15) is 17.0 Å². The molecule has 1 unspecified atom stereocenters. The summed E-state index contributed by atoms with van der Waals surface area (Å²) in [4.78, 5) is 14.1. The Morgan fingerprint density at radius 2 is 1.90 bits per heavy atom. The molecule has 154 valence electrons. The molecular formula is C22H23F2NO3S. The Balaban J connectivity index is 1.60. The van der Waals surface area contributed by atoms with Crippen LogP contribution in [0, 0.1) is 11.6 Å². The van der Waals surface area contributed by atoms with Crippen LogP contribution in [0.4, 0.5) is 8.78 Å². The molecule has 29 heavy (non-hydrogen) atoms. The van der Waals surface area contributed by atoms with E-state index in [1.165, 1.54) is 11.8 Å². The summed E-state index contributed by atoms with van der Waals surface area (Å²) in [5.41, 5.74) is 1.05. The largest absolute Gasteiger partial charge is 0.493 e. The van der Waals surface area contributed by atoms with E-state index in [-0.39, 0.29) is 29.5 Å². The van der Waals surface area contributed by atoms with Crippen molar-refractivity contribution >= 4 is 17.7 Å². The summed E-state index contributed by atoms with van der Waals surface area (Å²) >= 11 is 1.47. The molecule has 4 nitrogen and oxygen atoms in total. The number of methoxy groups -OCH3 is 1. The van der Waals surface area contributed by atoms with Gasteiger partial charge in [-0.3, -0.25) is 4.79 Å². The van der Waals surface area contributed by atoms with Gasteiger partial charge in [-0.15, -0.1) is 11.8 Å². The first-order valence-electron chi connectivity index (χ1n) is 9.75. The molecular weight excluding hydrogens is 396 g/mol. The molecule has 4 rings (SSSR count). The van der Waals surface area contributed by atoms with Gasteiger partial charge in [0.25, 0.3) is 0 Å². The second-order valence-corrected chi connectivity index (χ2v) is 8.42. The number of halogens is 2. The molecule has 1 aliphatic heterocycles. The van der Waals surface area contributed by atoms with Crippen LogP contribution in [0.3, 0.4) is 0 Å². The van der Waals surface area contributed by atoms with E-state index < -0.39 is 11.6 Å². The van der Waals surface area contributed by atoms with Gasteiger partial charge in [0.05, 0.1) is 25.5 Å². The number of benzene rings is 2. The van der Waals surface area contributed by atoms with Crippen LogP contribution in [0.5, 0.6) is 11.5 Å². The quantitative estimate of drug-likeness (QED) is 0.655. The molecule has 0 radical (unpaired) electrons. The Hall–Kier alpha value is -2.28. The molecule has 0 spiro atoms. The van der Waals surface area contributed by atoms with Gasteiger partial charge in [-0.2, -0.15) is 0 Å². The molecule has 2 aromatic rings. The van der Waals surface area contributed by atoms with Crippen molar-refractivity contribution in [2.75, 3.05) is 12.9 Å². The fourth-order valence-electron chi connectivity index (χ4n) is 3.87. The van der Waals surface area contributed by atoms with Gasteiger partial charge in [-0.1, -0.05) is 6.07 Å². The molecule has 1 atom stereocenters. The van der Waals surface area contributed by atoms with Crippen molar-refractivity contribution < 1.29 is 23.0 Å². The van der Waals surface area contributed by atoms with E-state index in [1.54, 1.807) is 12.0 Å². The van der Waals surface area contributed by atoms with Gasteiger partial charge < -0.3 is 14.4 Å². The van der Waals surface area contributed by atoms with E-state index in [1.807, 2.05) is 18.2 Å². The monoisotopic (exact) mass is 419 g/mol. The highest BCUT2D eigenvalue weighted by molar-refractivity contribution is 8.00. The first kappa shape index (κ1) is 20.0. The van der Waals surface area contributed by atoms with Gasteiger partial charge in [0.15, 0.2) is 11.5 Å². The molecule has 1 saturated heterocycles. The molecule has 0 aromatic heterocycles. The third kappa shape index (κ3) is 4.34. The lowest BCUT2D eigenvalue weighted by atomic mass is 10.1. The average molecular weight is 419 g/mol. The zero-order valence-corrected chi connectivity index (χ0v) is 17.0. The molecule has 2 fully saturated rings. The average Bonchev–Trinajstić information content (AvgIpc) is 3.35. The SMILES string of the molecule is COc1ccc(C2SCC(=O)N2Cc2cc(F)ccc2F)cc1OC1CCCC1. The van der Waals surface area contributed by atoms with E-state index >= 15 is 0 Å². The minimum Gasteiger partial charge on any atom is -0.493 e. The number of rotatable bonds is 6. The topological polar surface area (TPSA) is 38.8 Å². The second-order valence-electron chi connectivity index (χ2n) is 7.36. The smallest absolute Gasteiger partial charge is 0.234 e. The lowest BCUT2D eigenvalue weighted by Gasteiger charge is -2.25. The fourth-order valence-corrected chi connectivity index (χ4v) is 5.05. The number of ether oxygens (including phenoxy) is 2. The van der Waals surface area contributed by atoms with Crippen molar-refractivity contribution in [3.05, 3.63) is 59.2 Å². The van der Waals surface area contributed by atoms with E-state index in [0.29, 0.717) is 17.3 Å². The molecule has 1 aliphatic carbocycles. The van der Waals surface area contributed by atoms with Crippen molar-refractivity contribution in [3.8, 4) is 11.5 Å². The minimum atomic E-state index is -0.519. The summed E-state index contributed by atoms with van der Waals surface area (Å²) in [6.07, 6.45) is 4.54. The van der Waals surface area contributed by atoms with Gasteiger partial charge in [-0.25, -0.2) is 8.78 Å². The first-order valence-corrected chi connectivity index (χ1v) is 10.8. The van der Waals surface area contributed by atoms with Gasteiger partial charge in [0.2, 0.25) is 5.91 Å². The Labute approximate surface area is 173 Å². The van der Waals surface area contributed by atoms with Crippen molar-refractivity contribution in [2.45, 2.75) is 43.7 Å². The summed E-state index contributed by atoms with van der Waals surface area (Å²) in [7, 11) is 1.60. The van der Waals surface area contributed by atoms with E-state index in [4.69, 9.17) is 9.47 Å². The molecule has 0 N–H and O–H groups in total. The van der Waals surface area contributed by atoms with Crippen molar-refractivity contribution in [3.63, 3.8) is 0 Å². The molecule has 1 heterocycles. The van der Waals surface area contributed by atoms with E-state index in [9.17, 15) is 13.6 Å². The van der Waals surface area contributed by atoms with Crippen LogP contribution in [-0.4, -0.2) is 29.8 Å². The van der Waals surface area contributed by atoms with Gasteiger partial charge >= 0.3 is 0 Å². The lowest BCUT2D eigenvalue weighted by Crippen LogP contribution is -2.28. The molecule has 0 bridgehead atoms. The normalized spacial score (nSPS) is 19.8. The molecule has 1 saturated carbocycles. The standard InChI is InChI=1S/C22H23F2NO3S/c1-27-19-9-6-14(11-20(19)28-17-4-2-3-5-17)22-25(21(26)13-29-22)12-15-10-16(23)7-8-18(15)24/h6-11,17,22H,2-5,12-13H2,1H3. The van der Waals surface area contributed by atoms with Crippen LogP contribution in [0.1, 0.15) is 42.2 Å². The summed E-state index contributed by atoms with van der Waals surface area (Å²) in [6.45, 7) is 0.0188. The van der Waals surface area contributed by atoms with Crippen LogP contribution in [-0.2, 0) is 11.3 Å². The summed E-state index contributed by atoms with van der Waals surface area (Å²) < 4.78 is 39.3. The number of thioether (sulfide) groups is 1. The predicted octanol–water partition coefficient (Wildman–Crippen LogP) is 5.07. The molecule has 2 aromatic carbocycles. The highest BCUT2D eigenvalue weighted by atomic mass is 32.2. The predicted molar refractivity (Wildman–Crippen MR) is 108 cm³/mol. The third-order valence-electron chi connectivity index (χ3n) is 5.39. The third-order valence-corrected chi connectivity index (χ3v) is 6.64. The lowest BCUT2D eigenvalue weighted by molar-refractivity contribution is -0.128. The maximum absolute atomic E-state index is 14.1. The summed E-state index contributed by atoms with van der Waals surface area (Å²) in [5, 5.41) is -0.290. The van der Waals surface area contributed by atoms with Crippen LogP contribution >= 0.6 is 11.8 Å². The number of hydrogen-bond acceptors (Lipinski definition) is 4. The number of carbonyl (C=O) groups excluding carboxylic acids is 1. The Morgan fingerprint density at radius 1 is 1.10 bits per heavy atom. The summed E-state index contributed by atoms with van der Waals surface area (Å²) in [6, 6.07) is 8.95. The number of amides is 1. The Kier molecular flexibility index (Phi) is 5.94. The van der Waals surface area contributed by atoms with Crippen LogP contribution < -0.4 is 9.47 Å². The van der Waals surface area contributed by atoms with E-state index in [2.05, 4.69) is 0 Å². The number of nitrogens with zero attached hydrogens (tertiary/aromatic N) is 1. The van der Waals surface area contributed by atoms with Crippen molar-refractivity contribution in [2.24, 2.45) is 0 Å². The maximum Gasteiger partial charge on any atom is 0.234 e.